The Bertz CT molecular complexity index is 485. The van der Waals surface area contributed by atoms with E-state index in [2.05, 4.69) is 15.3 Å². The van der Waals surface area contributed by atoms with Gasteiger partial charge in [-0.15, -0.1) is 0 Å². The van der Waals surface area contributed by atoms with Crippen LogP contribution in [0, 0.1) is 0 Å². The van der Waals surface area contributed by atoms with Crippen molar-refractivity contribution in [3.63, 3.8) is 0 Å². The summed E-state index contributed by atoms with van der Waals surface area (Å²) < 4.78 is 38.9. The highest BCUT2D eigenvalue weighted by Gasteiger charge is 2.42. The second kappa shape index (κ2) is 5.03. The first-order valence-electron chi connectivity index (χ1n) is 5.22. The fraction of sp³-hybridized carbons (Fsp3) is 0.167. The van der Waals surface area contributed by atoms with Gasteiger partial charge in [-0.3, -0.25) is 4.98 Å². The molecule has 0 aliphatic heterocycles. The van der Waals surface area contributed by atoms with Gasteiger partial charge in [-0.05, 0) is 24.3 Å². The summed E-state index contributed by atoms with van der Waals surface area (Å²) in [6, 6.07) is 7.26. The van der Waals surface area contributed by atoms with Crippen molar-refractivity contribution in [1.82, 2.24) is 9.97 Å². The molecule has 0 bridgehead atoms. The molecule has 0 aromatic carbocycles. The average molecular weight is 253 g/mol. The smallest absolute Gasteiger partial charge is 0.354 e. The molecule has 0 fully saturated rings. The Hall–Kier alpha value is -2.11. The number of pyridine rings is 2. The third-order valence-electron chi connectivity index (χ3n) is 2.27. The normalized spacial score (nSPS) is 13.1. The minimum atomic E-state index is -4.44. The van der Waals surface area contributed by atoms with Gasteiger partial charge in [0.05, 0.1) is 5.69 Å². The van der Waals surface area contributed by atoms with Crippen molar-refractivity contribution in [1.29, 1.82) is 0 Å². The number of nitrogens with zero attached hydrogens (tertiary/aromatic N) is 2. The summed E-state index contributed by atoms with van der Waals surface area (Å²) in [5.74, 6) is 0.158. The molecule has 0 amide bonds. The largest absolute Gasteiger partial charge is 0.414 e. The number of alkyl halides is 3. The van der Waals surface area contributed by atoms with E-state index in [1.165, 1.54) is 30.6 Å². The molecule has 2 aromatic heterocycles. The van der Waals surface area contributed by atoms with Crippen molar-refractivity contribution in [3.8, 4) is 0 Å². The van der Waals surface area contributed by atoms with E-state index < -0.39 is 12.2 Å². The summed E-state index contributed by atoms with van der Waals surface area (Å²) in [6.07, 6.45) is -1.69. The SMILES string of the molecule is FC(F)(F)C(Nc1ccccn1)c1ccccn1. The molecule has 3 nitrogen and oxygen atoms in total. The molecule has 1 atom stereocenters. The standard InChI is InChI=1S/C12H10F3N3/c13-12(14,15)11(9-5-1-3-7-16-9)18-10-6-2-4-8-17-10/h1-8,11H,(H,17,18). The first kappa shape index (κ1) is 12.3. The Balaban J connectivity index is 2.28. The van der Waals surface area contributed by atoms with Crippen LogP contribution >= 0.6 is 0 Å². The van der Waals surface area contributed by atoms with Crippen LogP contribution in [0.2, 0.25) is 0 Å². The molecule has 0 aliphatic rings. The molecule has 94 valence electrons. The van der Waals surface area contributed by atoms with E-state index in [0.717, 1.165) is 0 Å². The highest BCUT2D eigenvalue weighted by molar-refractivity contribution is 5.37. The molecule has 1 N–H and O–H groups in total. The van der Waals surface area contributed by atoms with Gasteiger partial charge in [0.15, 0.2) is 6.04 Å². The minimum Gasteiger partial charge on any atom is -0.354 e. The second-order valence-electron chi connectivity index (χ2n) is 3.59. The average Bonchev–Trinajstić information content (AvgIpc) is 2.37. The van der Waals surface area contributed by atoms with Crippen molar-refractivity contribution in [2.24, 2.45) is 0 Å². The number of aromatic nitrogens is 2. The van der Waals surface area contributed by atoms with Crippen molar-refractivity contribution in [2.45, 2.75) is 12.2 Å². The lowest BCUT2D eigenvalue weighted by atomic mass is 10.2. The summed E-state index contributed by atoms with van der Waals surface area (Å²) in [7, 11) is 0. The van der Waals surface area contributed by atoms with Gasteiger partial charge < -0.3 is 5.32 Å². The number of anilines is 1. The molecule has 0 saturated heterocycles. The molecule has 2 heterocycles. The van der Waals surface area contributed by atoms with E-state index in [-0.39, 0.29) is 11.5 Å². The minimum absolute atomic E-state index is 0.0874. The zero-order chi connectivity index (χ0) is 13.0. The molecule has 6 heteroatoms. The van der Waals surface area contributed by atoms with Crippen LogP contribution in [0.3, 0.4) is 0 Å². The fourth-order valence-corrected chi connectivity index (χ4v) is 1.47. The van der Waals surface area contributed by atoms with Crippen molar-refractivity contribution < 1.29 is 13.2 Å². The molecular formula is C12H10F3N3. The van der Waals surface area contributed by atoms with E-state index >= 15 is 0 Å². The monoisotopic (exact) mass is 253 g/mol. The Morgan fingerprint density at radius 2 is 1.61 bits per heavy atom. The quantitative estimate of drug-likeness (QED) is 0.912. The van der Waals surface area contributed by atoms with Crippen molar-refractivity contribution in [2.75, 3.05) is 5.32 Å². The molecule has 2 rings (SSSR count). The molecule has 1 unspecified atom stereocenters. The van der Waals surface area contributed by atoms with Crippen LogP contribution in [-0.4, -0.2) is 16.1 Å². The number of nitrogens with one attached hydrogen (secondary N) is 1. The van der Waals surface area contributed by atoms with Gasteiger partial charge in [-0.2, -0.15) is 13.2 Å². The molecule has 0 saturated carbocycles. The van der Waals surface area contributed by atoms with Gasteiger partial charge in [0.25, 0.3) is 0 Å². The molecule has 0 aliphatic carbocycles. The van der Waals surface area contributed by atoms with Crippen molar-refractivity contribution >= 4 is 5.82 Å². The van der Waals surface area contributed by atoms with Gasteiger partial charge in [0, 0.05) is 12.4 Å². The first-order valence-corrected chi connectivity index (χ1v) is 5.22. The predicted molar refractivity (Wildman–Crippen MR) is 60.9 cm³/mol. The first-order chi connectivity index (χ1) is 8.57. The fourth-order valence-electron chi connectivity index (χ4n) is 1.47. The third kappa shape index (κ3) is 2.97. The van der Waals surface area contributed by atoms with Crippen LogP contribution in [-0.2, 0) is 0 Å². The zero-order valence-electron chi connectivity index (χ0n) is 9.22. The Morgan fingerprint density at radius 3 is 2.11 bits per heavy atom. The Labute approximate surface area is 102 Å². The van der Waals surface area contributed by atoms with Crippen LogP contribution in [0.1, 0.15) is 11.7 Å². The number of hydrogen-bond donors (Lipinski definition) is 1. The lowest BCUT2D eigenvalue weighted by Crippen LogP contribution is -2.29. The number of halogens is 3. The number of rotatable bonds is 3. The number of hydrogen-bond acceptors (Lipinski definition) is 3. The Kier molecular flexibility index (Phi) is 3.45. The Morgan fingerprint density at radius 1 is 0.944 bits per heavy atom. The topological polar surface area (TPSA) is 37.8 Å². The zero-order valence-corrected chi connectivity index (χ0v) is 9.22. The lowest BCUT2D eigenvalue weighted by Gasteiger charge is -2.21. The van der Waals surface area contributed by atoms with Crippen LogP contribution < -0.4 is 5.32 Å². The van der Waals surface area contributed by atoms with Crippen LogP contribution in [0.15, 0.2) is 48.8 Å². The maximum Gasteiger partial charge on any atom is 0.414 e. The van der Waals surface area contributed by atoms with Gasteiger partial charge in [-0.25, -0.2) is 4.98 Å². The molecular weight excluding hydrogens is 243 g/mol. The van der Waals surface area contributed by atoms with Crippen LogP contribution in [0.4, 0.5) is 19.0 Å². The maximum absolute atomic E-state index is 13.0. The summed E-state index contributed by atoms with van der Waals surface area (Å²) >= 11 is 0. The van der Waals surface area contributed by atoms with Gasteiger partial charge in [-0.1, -0.05) is 12.1 Å². The van der Waals surface area contributed by atoms with E-state index in [1.807, 2.05) is 0 Å². The molecule has 0 radical (unpaired) electrons. The second-order valence-corrected chi connectivity index (χ2v) is 3.59. The van der Waals surface area contributed by atoms with E-state index in [1.54, 1.807) is 18.2 Å². The summed E-state index contributed by atoms with van der Waals surface area (Å²) in [5, 5.41) is 2.34. The summed E-state index contributed by atoms with van der Waals surface area (Å²) in [5.41, 5.74) is -0.0874. The lowest BCUT2D eigenvalue weighted by molar-refractivity contribution is -0.144. The molecule has 18 heavy (non-hydrogen) atoms. The molecule has 0 spiro atoms. The van der Waals surface area contributed by atoms with E-state index in [4.69, 9.17) is 0 Å². The van der Waals surface area contributed by atoms with Gasteiger partial charge in [0.2, 0.25) is 0 Å². The summed E-state index contributed by atoms with van der Waals surface area (Å²) in [6.45, 7) is 0. The molecule has 2 aromatic rings. The van der Waals surface area contributed by atoms with Crippen molar-refractivity contribution in [3.05, 3.63) is 54.5 Å². The third-order valence-corrected chi connectivity index (χ3v) is 2.27. The highest BCUT2D eigenvalue weighted by Crippen LogP contribution is 2.33. The van der Waals surface area contributed by atoms with E-state index in [9.17, 15) is 13.2 Å². The highest BCUT2D eigenvalue weighted by atomic mass is 19.4. The van der Waals surface area contributed by atoms with Crippen LogP contribution in [0.5, 0.6) is 0 Å². The maximum atomic E-state index is 13.0. The predicted octanol–water partition coefficient (Wildman–Crippen LogP) is 3.19. The van der Waals surface area contributed by atoms with Gasteiger partial charge in [0.1, 0.15) is 5.82 Å². The van der Waals surface area contributed by atoms with Gasteiger partial charge >= 0.3 is 6.18 Å². The van der Waals surface area contributed by atoms with Crippen LogP contribution in [0.25, 0.3) is 0 Å². The summed E-state index contributed by atoms with van der Waals surface area (Å²) in [4.78, 5) is 7.55. The van der Waals surface area contributed by atoms with E-state index in [0.29, 0.717) is 0 Å².